The van der Waals surface area contributed by atoms with Crippen molar-refractivity contribution in [1.82, 2.24) is 5.32 Å². The number of carbonyl (C=O) groups excluding carboxylic acids is 1. The molecule has 2 unspecified atom stereocenters. The lowest BCUT2D eigenvalue weighted by Gasteiger charge is -2.39. The zero-order valence-electron chi connectivity index (χ0n) is 11.6. The van der Waals surface area contributed by atoms with Gasteiger partial charge in [0, 0.05) is 11.5 Å². The molecule has 2 aliphatic rings. The molecule has 2 atom stereocenters. The van der Waals surface area contributed by atoms with Crippen molar-refractivity contribution in [2.24, 2.45) is 23.2 Å². The van der Waals surface area contributed by atoms with Crippen LogP contribution in [0.2, 0.25) is 0 Å². The summed E-state index contributed by atoms with van der Waals surface area (Å²) in [4.78, 5) is 23.5. The second-order valence-electron chi connectivity index (χ2n) is 6.97. The number of carbonyl (C=O) groups is 2. The summed E-state index contributed by atoms with van der Waals surface area (Å²) in [6, 6.07) is 0. The number of hydrogen-bond acceptors (Lipinski definition) is 2. The van der Waals surface area contributed by atoms with E-state index in [1.807, 2.05) is 0 Å². The van der Waals surface area contributed by atoms with Gasteiger partial charge in [0.2, 0.25) is 5.91 Å². The van der Waals surface area contributed by atoms with E-state index in [4.69, 9.17) is 0 Å². The molecule has 0 spiro atoms. The van der Waals surface area contributed by atoms with Gasteiger partial charge in [0.1, 0.15) is 0 Å². The zero-order valence-corrected chi connectivity index (χ0v) is 11.6. The van der Waals surface area contributed by atoms with Crippen molar-refractivity contribution < 1.29 is 14.7 Å². The van der Waals surface area contributed by atoms with Gasteiger partial charge in [-0.1, -0.05) is 0 Å². The Morgan fingerprint density at radius 2 is 1.56 bits per heavy atom. The van der Waals surface area contributed by atoms with Gasteiger partial charge in [-0.2, -0.15) is 0 Å². The van der Waals surface area contributed by atoms with Gasteiger partial charge in [0.05, 0.1) is 5.41 Å². The van der Waals surface area contributed by atoms with Crippen molar-refractivity contribution in [3.63, 3.8) is 0 Å². The van der Waals surface area contributed by atoms with E-state index in [0.29, 0.717) is 0 Å². The van der Waals surface area contributed by atoms with Crippen molar-refractivity contribution >= 4 is 11.9 Å². The highest BCUT2D eigenvalue weighted by Crippen LogP contribution is 2.54. The Kier molecular flexibility index (Phi) is 2.95. The average Bonchev–Trinajstić information content (AvgIpc) is 2.84. The molecule has 2 rings (SSSR count). The predicted octanol–water partition coefficient (Wildman–Crippen LogP) is 2.04. The fourth-order valence-electron chi connectivity index (χ4n) is 2.76. The minimum absolute atomic E-state index is 0.0292. The van der Waals surface area contributed by atoms with Crippen LogP contribution in [0.15, 0.2) is 0 Å². The Hall–Kier alpha value is -1.06. The van der Waals surface area contributed by atoms with Crippen molar-refractivity contribution in [3.8, 4) is 0 Å². The first kappa shape index (κ1) is 13.4. The van der Waals surface area contributed by atoms with Crippen molar-refractivity contribution in [1.29, 1.82) is 0 Å². The Balaban J connectivity index is 1.99. The fourth-order valence-corrected chi connectivity index (χ4v) is 2.76. The Bertz CT molecular complexity index is 377. The normalized spacial score (nSPS) is 30.8. The van der Waals surface area contributed by atoms with Gasteiger partial charge in [-0.15, -0.1) is 0 Å². The molecule has 4 nitrogen and oxygen atoms in total. The molecule has 0 saturated heterocycles. The average molecular weight is 253 g/mol. The van der Waals surface area contributed by atoms with Crippen LogP contribution in [0.1, 0.15) is 47.0 Å². The van der Waals surface area contributed by atoms with E-state index >= 15 is 0 Å². The summed E-state index contributed by atoms with van der Waals surface area (Å²) in [5.74, 6) is 0.758. The standard InChI is InChI=1S/C14H23NO3/c1-13(2,12(17)18)14(3,4)15-11(16)10-6-8-5-9(8)7-10/h8-10H,5-7H2,1-4H3,(H,15,16)(H,17,18). The molecule has 0 bridgehead atoms. The number of carboxylic acids is 1. The topological polar surface area (TPSA) is 66.4 Å². The lowest BCUT2D eigenvalue weighted by molar-refractivity contribution is -0.152. The predicted molar refractivity (Wildman–Crippen MR) is 68.0 cm³/mol. The third-order valence-corrected chi connectivity index (χ3v) is 5.15. The largest absolute Gasteiger partial charge is 0.481 e. The number of rotatable bonds is 4. The molecule has 18 heavy (non-hydrogen) atoms. The van der Waals surface area contributed by atoms with E-state index in [9.17, 15) is 14.7 Å². The highest BCUT2D eigenvalue weighted by molar-refractivity contribution is 5.82. The van der Waals surface area contributed by atoms with Gasteiger partial charge in [0.25, 0.3) is 0 Å². The lowest BCUT2D eigenvalue weighted by Crippen LogP contribution is -2.58. The van der Waals surface area contributed by atoms with E-state index in [-0.39, 0.29) is 11.8 Å². The van der Waals surface area contributed by atoms with E-state index in [1.165, 1.54) is 6.42 Å². The molecule has 0 aliphatic heterocycles. The summed E-state index contributed by atoms with van der Waals surface area (Å²) < 4.78 is 0. The van der Waals surface area contributed by atoms with Crippen LogP contribution in [0.4, 0.5) is 0 Å². The zero-order chi connectivity index (χ0) is 13.7. The lowest BCUT2D eigenvalue weighted by atomic mass is 9.74. The molecule has 2 saturated carbocycles. The van der Waals surface area contributed by atoms with Gasteiger partial charge in [-0.05, 0) is 58.8 Å². The summed E-state index contributed by atoms with van der Waals surface area (Å²) in [7, 11) is 0. The SMILES string of the molecule is CC(C)(NC(=O)C1CC2CC2C1)C(C)(C)C(=O)O. The minimum atomic E-state index is -0.982. The summed E-state index contributed by atoms with van der Waals surface area (Å²) in [5, 5.41) is 12.2. The van der Waals surface area contributed by atoms with Gasteiger partial charge in [0.15, 0.2) is 0 Å². The molecule has 102 valence electrons. The summed E-state index contributed by atoms with van der Waals surface area (Å²) in [6.45, 7) is 6.88. The molecule has 0 aromatic rings. The van der Waals surface area contributed by atoms with Gasteiger partial charge < -0.3 is 10.4 Å². The van der Waals surface area contributed by atoms with E-state index in [2.05, 4.69) is 5.32 Å². The number of carboxylic acid groups (broad SMARTS) is 1. The summed E-state index contributed by atoms with van der Waals surface area (Å²) in [5.41, 5.74) is -1.73. The number of aliphatic carboxylic acids is 1. The highest BCUT2D eigenvalue weighted by Gasteiger charge is 2.50. The second-order valence-corrected chi connectivity index (χ2v) is 6.97. The van der Waals surface area contributed by atoms with Crippen LogP contribution in [0, 0.1) is 23.2 Å². The van der Waals surface area contributed by atoms with Gasteiger partial charge in [-0.3, -0.25) is 9.59 Å². The first-order valence-electron chi connectivity index (χ1n) is 6.70. The van der Waals surface area contributed by atoms with Crippen LogP contribution in [0.3, 0.4) is 0 Å². The summed E-state index contributed by atoms with van der Waals surface area (Å²) >= 11 is 0. The summed E-state index contributed by atoms with van der Waals surface area (Å²) in [6.07, 6.45) is 3.26. The van der Waals surface area contributed by atoms with E-state index < -0.39 is 16.9 Å². The monoisotopic (exact) mass is 253 g/mol. The van der Waals surface area contributed by atoms with E-state index in [1.54, 1.807) is 27.7 Å². The van der Waals surface area contributed by atoms with Crippen LogP contribution in [0.25, 0.3) is 0 Å². The smallest absolute Gasteiger partial charge is 0.311 e. The van der Waals surface area contributed by atoms with Crippen molar-refractivity contribution in [3.05, 3.63) is 0 Å². The highest BCUT2D eigenvalue weighted by atomic mass is 16.4. The number of hydrogen-bond donors (Lipinski definition) is 2. The third-order valence-electron chi connectivity index (χ3n) is 5.15. The molecule has 2 N–H and O–H groups in total. The van der Waals surface area contributed by atoms with Crippen LogP contribution in [-0.2, 0) is 9.59 Å². The molecule has 0 aromatic heterocycles. The van der Waals surface area contributed by atoms with Crippen molar-refractivity contribution in [2.45, 2.75) is 52.5 Å². The molecule has 4 heteroatoms. The molecule has 0 radical (unpaired) electrons. The van der Waals surface area contributed by atoms with Gasteiger partial charge >= 0.3 is 5.97 Å². The third kappa shape index (κ3) is 2.13. The quantitative estimate of drug-likeness (QED) is 0.805. The van der Waals surface area contributed by atoms with Crippen LogP contribution >= 0.6 is 0 Å². The van der Waals surface area contributed by atoms with Crippen molar-refractivity contribution in [2.75, 3.05) is 0 Å². The molecule has 1 amide bonds. The number of nitrogens with one attached hydrogen (secondary N) is 1. The molecule has 0 heterocycles. The Labute approximate surface area is 108 Å². The Morgan fingerprint density at radius 1 is 1.06 bits per heavy atom. The molecule has 2 aliphatic carbocycles. The second kappa shape index (κ2) is 3.97. The maximum absolute atomic E-state index is 12.2. The number of fused-ring (bicyclic) bond motifs is 1. The molecule has 2 fully saturated rings. The first-order valence-corrected chi connectivity index (χ1v) is 6.70. The minimum Gasteiger partial charge on any atom is -0.481 e. The maximum atomic E-state index is 12.2. The maximum Gasteiger partial charge on any atom is 0.311 e. The Morgan fingerprint density at radius 3 is 2.00 bits per heavy atom. The van der Waals surface area contributed by atoms with Crippen LogP contribution in [0.5, 0.6) is 0 Å². The molecule has 0 aromatic carbocycles. The van der Waals surface area contributed by atoms with E-state index in [0.717, 1.165) is 24.7 Å². The number of amides is 1. The fraction of sp³-hybridized carbons (Fsp3) is 0.857. The molecular weight excluding hydrogens is 230 g/mol. The van der Waals surface area contributed by atoms with Crippen LogP contribution in [-0.4, -0.2) is 22.5 Å². The van der Waals surface area contributed by atoms with Gasteiger partial charge in [-0.25, -0.2) is 0 Å². The first-order chi connectivity index (χ1) is 8.15. The molecular formula is C14H23NO3. The van der Waals surface area contributed by atoms with Crippen LogP contribution < -0.4 is 5.32 Å².